The van der Waals surface area contributed by atoms with E-state index in [9.17, 15) is 9.18 Å². The molecule has 0 spiro atoms. The molecule has 13 heavy (non-hydrogen) atoms. The van der Waals surface area contributed by atoms with E-state index in [-0.39, 0.29) is 0 Å². The summed E-state index contributed by atoms with van der Waals surface area (Å²) in [5.41, 5.74) is 0.532. The number of methoxy groups -OCH3 is 1. The second-order valence-corrected chi connectivity index (χ2v) is 3.72. The van der Waals surface area contributed by atoms with Crippen molar-refractivity contribution >= 4 is 22.2 Å². The zero-order valence-corrected chi connectivity index (χ0v) is 8.97. The van der Waals surface area contributed by atoms with Crippen molar-refractivity contribution in [2.45, 2.75) is 13.1 Å². The Morgan fingerprint density at radius 2 is 2.31 bits per heavy atom. The molecule has 4 heteroatoms. The fraction of sp³-hybridized carbons (Fsp3) is 0.444. The fourth-order valence-electron chi connectivity index (χ4n) is 1.29. The minimum atomic E-state index is -1.27. The molecule has 0 saturated heterocycles. The molecule has 0 bridgehead atoms. The van der Waals surface area contributed by atoms with Gasteiger partial charge in [-0.3, -0.25) is 0 Å². The van der Waals surface area contributed by atoms with Crippen LogP contribution in [-0.2, 0) is 9.53 Å². The lowest BCUT2D eigenvalue weighted by Gasteiger charge is -2.23. The lowest BCUT2D eigenvalue weighted by atomic mass is 9.92. The number of halogens is 2. The van der Waals surface area contributed by atoms with E-state index in [2.05, 4.69) is 15.9 Å². The average Bonchev–Trinajstić information content (AvgIpc) is 2.10. The first-order chi connectivity index (χ1) is 6.11. The number of ether oxygens (including phenoxy) is 1. The van der Waals surface area contributed by atoms with Crippen LogP contribution >= 0.6 is 15.9 Å². The summed E-state index contributed by atoms with van der Waals surface area (Å²) >= 11 is 3.22. The third-order valence-electron chi connectivity index (χ3n) is 2.01. The van der Waals surface area contributed by atoms with Crippen LogP contribution in [0.1, 0.15) is 6.92 Å². The molecule has 0 amide bonds. The average molecular weight is 249 g/mol. The summed E-state index contributed by atoms with van der Waals surface area (Å²) in [5.74, 6) is -0.461. The number of allylic oxidation sites excluding steroid dienone is 4. The van der Waals surface area contributed by atoms with Gasteiger partial charge in [-0.1, -0.05) is 0 Å². The third kappa shape index (κ3) is 1.82. The standard InChI is InChI=1S/C9H10BrFO2/c1-5-3-7(10)9(13-2)6(4-12)8(5)11/h3-4,6,8H,1-2H3. The number of hydrogen-bond acceptors (Lipinski definition) is 2. The fourth-order valence-corrected chi connectivity index (χ4v) is 2.08. The van der Waals surface area contributed by atoms with Crippen LogP contribution < -0.4 is 0 Å². The lowest BCUT2D eigenvalue weighted by molar-refractivity contribution is -0.112. The summed E-state index contributed by atoms with van der Waals surface area (Å²) in [6.45, 7) is 1.65. The van der Waals surface area contributed by atoms with Gasteiger partial charge in [0.15, 0.2) is 0 Å². The van der Waals surface area contributed by atoms with Crippen molar-refractivity contribution in [3.05, 3.63) is 21.9 Å². The monoisotopic (exact) mass is 248 g/mol. The number of carbonyl (C=O) groups excluding carboxylic acids is 1. The van der Waals surface area contributed by atoms with Crippen molar-refractivity contribution in [3.8, 4) is 0 Å². The number of carbonyl (C=O) groups is 1. The van der Waals surface area contributed by atoms with Crippen molar-refractivity contribution in [1.82, 2.24) is 0 Å². The molecule has 0 saturated carbocycles. The second kappa shape index (κ2) is 4.05. The maximum absolute atomic E-state index is 13.4. The van der Waals surface area contributed by atoms with Crippen molar-refractivity contribution in [1.29, 1.82) is 0 Å². The largest absolute Gasteiger partial charge is 0.499 e. The molecule has 0 aromatic carbocycles. The number of alkyl halides is 1. The highest BCUT2D eigenvalue weighted by Gasteiger charge is 2.31. The van der Waals surface area contributed by atoms with Crippen LogP contribution in [0.4, 0.5) is 4.39 Å². The maximum Gasteiger partial charge on any atom is 0.138 e. The van der Waals surface area contributed by atoms with E-state index in [1.165, 1.54) is 7.11 Å². The van der Waals surface area contributed by atoms with Crippen LogP contribution in [0.2, 0.25) is 0 Å². The van der Waals surface area contributed by atoms with E-state index in [4.69, 9.17) is 4.74 Å². The topological polar surface area (TPSA) is 26.3 Å². The van der Waals surface area contributed by atoms with E-state index in [0.717, 1.165) is 0 Å². The number of aldehydes is 1. The summed E-state index contributed by atoms with van der Waals surface area (Å²) in [7, 11) is 1.42. The second-order valence-electron chi connectivity index (χ2n) is 2.87. The van der Waals surface area contributed by atoms with Crippen molar-refractivity contribution in [2.75, 3.05) is 7.11 Å². The molecule has 0 heterocycles. The van der Waals surface area contributed by atoms with Crippen molar-refractivity contribution in [3.63, 3.8) is 0 Å². The summed E-state index contributed by atoms with van der Waals surface area (Å²) in [6.07, 6.45) is 0.929. The Morgan fingerprint density at radius 1 is 1.69 bits per heavy atom. The van der Waals surface area contributed by atoms with Crippen LogP contribution in [0.15, 0.2) is 21.9 Å². The Hall–Kier alpha value is -0.640. The van der Waals surface area contributed by atoms with Crippen LogP contribution in [0, 0.1) is 5.92 Å². The zero-order chi connectivity index (χ0) is 10.0. The Kier molecular flexibility index (Phi) is 3.25. The molecule has 0 aromatic heterocycles. The Balaban J connectivity index is 3.10. The van der Waals surface area contributed by atoms with E-state index in [1.807, 2.05) is 0 Å². The maximum atomic E-state index is 13.4. The van der Waals surface area contributed by atoms with Gasteiger partial charge in [-0.2, -0.15) is 0 Å². The van der Waals surface area contributed by atoms with Crippen LogP contribution in [0.5, 0.6) is 0 Å². The quantitative estimate of drug-likeness (QED) is 0.702. The molecule has 2 atom stereocenters. The van der Waals surface area contributed by atoms with Crippen LogP contribution in [-0.4, -0.2) is 19.6 Å². The van der Waals surface area contributed by atoms with Crippen LogP contribution in [0.3, 0.4) is 0 Å². The molecule has 1 aliphatic carbocycles. The molecule has 0 aliphatic heterocycles. The molecule has 1 aliphatic rings. The van der Waals surface area contributed by atoms with E-state index >= 15 is 0 Å². The van der Waals surface area contributed by atoms with Gasteiger partial charge in [0.2, 0.25) is 0 Å². The van der Waals surface area contributed by atoms with Gasteiger partial charge >= 0.3 is 0 Å². The zero-order valence-electron chi connectivity index (χ0n) is 7.38. The van der Waals surface area contributed by atoms with Gasteiger partial charge in [-0.15, -0.1) is 0 Å². The molecule has 2 nitrogen and oxygen atoms in total. The molecular formula is C9H10BrFO2. The molecule has 0 radical (unpaired) electrons. The third-order valence-corrected chi connectivity index (χ3v) is 2.63. The summed E-state index contributed by atoms with van der Waals surface area (Å²) in [4.78, 5) is 10.6. The van der Waals surface area contributed by atoms with Gasteiger partial charge in [0, 0.05) is 0 Å². The van der Waals surface area contributed by atoms with Gasteiger partial charge < -0.3 is 9.53 Å². The SMILES string of the molecule is COC1=C(Br)C=C(C)C(F)C1C=O. The summed E-state index contributed by atoms with van der Waals surface area (Å²) in [6, 6.07) is 0. The highest BCUT2D eigenvalue weighted by Crippen LogP contribution is 2.33. The molecule has 72 valence electrons. The minimum Gasteiger partial charge on any atom is -0.499 e. The van der Waals surface area contributed by atoms with E-state index in [0.29, 0.717) is 22.1 Å². The summed E-state index contributed by atoms with van der Waals surface area (Å²) < 4.78 is 19.0. The lowest BCUT2D eigenvalue weighted by Crippen LogP contribution is -2.25. The van der Waals surface area contributed by atoms with Gasteiger partial charge in [-0.05, 0) is 34.5 Å². The normalized spacial score (nSPS) is 28.5. The van der Waals surface area contributed by atoms with Gasteiger partial charge in [0.05, 0.1) is 11.6 Å². The molecular weight excluding hydrogens is 239 g/mol. The summed E-state index contributed by atoms with van der Waals surface area (Å²) in [5, 5.41) is 0. The predicted molar refractivity (Wildman–Crippen MR) is 51.2 cm³/mol. The molecule has 0 aromatic rings. The first kappa shape index (κ1) is 10.4. The predicted octanol–water partition coefficient (Wildman–Crippen LogP) is 2.35. The number of hydrogen-bond donors (Lipinski definition) is 0. The van der Waals surface area contributed by atoms with Gasteiger partial charge in [-0.25, -0.2) is 4.39 Å². The van der Waals surface area contributed by atoms with Gasteiger partial charge in [0.1, 0.15) is 24.1 Å². The van der Waals surface area contributed by atoms with Crippen molar-refractivity contribution in [2.24, 2.45) is 5.92 Å². The molecule has 0 N–H and O–H groups in total. The molecule has 1 rings (SSSR count). The highest BCUT2D eigenvalue weighted by atomic mass is 79.9. The first-order valence-corrected chi connectivity index (χ1v) is 4.62. The first-order valence-electron chi connectivity index (χ1n) is 3.83. The van der Waals surface area contributed by atoms with E-state index in [1.54, 1.807) is 13.0 Å². The molecule has 2 unspecified atom stereocenters. The highest BCUT2D eigenvalue weighted by molar-refractivity contribution is 9.11. The molecule has 0 fully saturated rings. The van der Waals surface area contributed by atoms with E-state index < -0.39 is 12.1 Å². The minimum absolute atomic E-state index is 0.355. The smallest absolute Gasteiger partial charge is 0.138 e. The Morgan fingerprint density at radius 3 is 2.77 bits per heavy atom. The van der Waals surface area contributed by atoms with Crippen molar-refractivity contribution < 1.29 is 13.9 Å². The van der Waals surface area contributed by atoms with Crippen LogP contribution in [0.25, 0.3) is 0 Å². The number of rotatable bonds is 2. The van der Waals surface area contributed by atoms with Gasteiger partial charge in [0.25, 0.3) is 0 Å². The Labute approximate surface area is 84.6 Å². The Bertz CT molecular complexity index is 283.